The molecule has 0 radical (unpaired) electrons. The van der Waals surface area contributed by atoms with Gasteiger partial charge in [0.1, 0.15) is 0 Å². The van der Waals surface area contributed by atoms with Gasteiger partial charge in [-0.2, -0.15) is 5.10 Å². The first kappa shape index (κ1) is 14.5. The number of anilines is 1. The number of methoxy groups -OCH3 is 2. The molecule has 0 aliphatic rings. The van der Waals surface area contributed by atoms with E-state index in [-0.39, 0.29) is 6.04 Å². The lowest BCUT2D eigenvalue weighted by Gasteiger charge is -2.14. The van der Waals surface area contributed by atoms with Gasteiger partial charge < -0.3 is 14.8 Å². The van der Waals surface area contributed by atoms with Crippen LogP contribution in [0.1, 0.15) is 6.92 Å². The molecule has 0 aromatic carbocycles. The van der Waals surface area contributed by atoms with E-state index >= 15 is 0 Å². The first-order valence-corrected chi connectivity index (χ1v) is 6.55. The van der Waals surface area contributed by atoms with Crippen LogP contribution in [0.2, 0.25) is 0 Å². The van der Waals surface area contributed by atoms with Gasteiger partial charge in [-0.3, -0.25) is 9.25 Å². The van der Waals surface area contributed by atoms with Gasteiger partial charge in [0, 0.05) is 38.9 Å². The van der Waals surface area contributed by atoms with Crippen molar-refractivity contribution in [3.05, 3.63) is 24.8 Å². The molecular formula is C13H21N5O2. The molecule has 1 N–H and O–H groups in total. The predicted octanol–water partition coefficient (Wildman–Crippen LogP) is 1.16. The summed E-state index contributed by atoms with van der Waals surface area (Å²) in [5.74, 6) is 0.779. The first-order chi connectivity index (χ1) is 9.74. The fraction of sp³-hybridized carbons (Fsp3) is 0.538. The average molecular weight is 279 g/mol. The molecule has 0 spiro atoms. The Bertz CT molecular complexity index is 522. The highest BCUT2D eigenvalue weighted by Crippen LogP contribution is 2.14. The minimum absolute atomic E-state index is 0.185. The molecule has 20 heavy (non-hydrogen) atoms. The summed E-state index contributed by atoms with van der Waals surface area (Å²) in [6, 6.07) is 0.185. The number of hydrogen-bond donors (Lipinski definition) is 1. The molecule has 110 valence electrons. The predicted molar refractivity (Wildman–Crippen MR) is 76.2 cm³/mol. The fourth-order valence-corrected chi connectivity index (χ4v) is 1.91. The maximum absolute atomic E-state index is 5.12. The third kappa shape index (κ3) is 3.58. The Kier molecular flexibility index (Phi) is 5.14. The van der Waals surface area contributed by atoms with Gasteiger partial charge in [-0.25, -0.2) is 4.98 Å². The van der Waals surface area contributed by atoms with Gasteiger partial charge in [-0.05, 0) is 6.92 Å². The number of imidazole rings is 1. The highest BCUT2D eigenvalue weighted by molar-refractivity contribution is 5.39. The molecule has 0 saturated carbocycles. The number of nitrogens with one attached hydrogen (secondary N) is 1. The molecule has 7 heteroatoms. The number of rotatable bonds is 8. The maximum atomic E-state index is 5.12. The van der Waals surface area contributed by atoms with Crippen LogP contribution in [-0.4, -0.2) is 52.8 Å². The third-order valence-electron chi connectivity index (χ3n) is 2.86. The average Bonchev–Trinajstić information content (AvgIpc) is 3.05. The molecule has 2 heterocycles. The van der Waals surface area contributed by atoms with E-state index in [4.69, 9.17) is 9.47 Å². The van der Waals surface area contributed by atoms with Crippen LogP contribution in [0.15, 0.2) is 24.8 Å². The van der Waals surface area contributed by atoms with Crippen LogP contribution in [0.5, 0.6) is 0 Å². The second kappa shape index (κ2) is 7.06. The highest BCUT2D eigenvalue weighted by Gasteiger charge is 2.09. The summed E-state index contributed by atoms with van der Waals surface area (Å²) in [5.41, 5.74) is 0.964. The van der Waals surface area contributed by atoms with Crippen molar-refractivity contribution in [1.82, 2.24) is 19.3 Å². The zero-order valence-corrected chi connectivity index (χ0v) is 12.1. The van der Waals surface area contributed by atoms with Crippen LogP contribution in [0.3, 0.4) is 0 Å². The van der Waals surface area contributed by atoms with E-state index in [1.165, 1.54) is 0 Å². The molecule has 7 nitrogen and oxygen atoms in total. The lowest BCUT2D eigenvalue weighted by atomic mass is 10.4. The van der Waals surface area contributed by atoms with Crippen LogP contribution in [0.4, 0.5) is 5.95 Å². The summed E-state index contributed by atoms with van der Waals surface area (Å²) in [6.07, 6.45) is 7.43. The van der Waals surface area contributed by atoms with Crippen LogP contribution in [0.25, 0.3) is 5.69 Å². The minimum Gasteiger partial charge on any atom is -0.383 e. The second-order valence-corrected chi connectivity index (χ2v) is 4.58. The quantitative estimate of drug-likeness (QED) is 0.785. The van der Waals surface area contributed by atoms with E-state index in [9.17, 15) is 0 Å². The van der Waals surface area contributed by atoms with Crippen molar-refractivity contribution < 1.29 is 9.47 Å². The van der Waals surface area contributed by atoms with Crippen molar-refractivity contribution >= 4 is 5.95 Å². The van der Waals surface area contributed by atoms with Crippen molar-refractivity contribution in [3.63, 3.8) is 0 Å². The summed E-state index contributed by atoms with van der Waals surface area (Å²) in [6.45, 7) is 4.04. The molecule has 2 rings (SSSR count). The lowest BCUT2D eigenvalue weighted by Crippen LogP contribution is -2.22. The van der Waals surface area contributed by atoms with E-state index in [1.54, 1.807) is 20.4 Å². The van der Waals surface area contributed by atoms with Gasteiger partial charge in [-0.15, -0.1) is 0 Å². The molecule has 2 aromatic heterocycles. The largest absolute Gasteiger partial charge is 0.383 e. The summed E-state index contributed by atoms with van der Waals surface area (Å²) >= 11 is 0. The zero-order valence-electron chi connectivity index (χ0n) is 12.1. The van der Waals surface area contributed by atoms with Crippen molar-refractivity contribution in [2.45, 2.75) is 19.5 Å². The molecule has 0 aliphatic heterocycles. The van der Waals surface area contributed by atoms with E-state index in [0.29, 0.717) is 13.2 Å². The molecule has 0 saturated heterocycles. The van der Waals surface area contributed by atoms with Gasteiger partial charge in [0.05, 0.1) is 31.6 Å². The molecule has 0 bridgehead atoms. The Balaban J connectivity index is 2.08. The monoisotopic (exact) mass is 279 g/mol. The maximum Gasteiger partial charge on any atom is 0.207 e. The fourth-order valence-electron chi connectivity index (χ4n) is 1.91. The summed E-state index contributed by atoms with van der Waals surface area (Å²) in [7, 11) is 3.37. The van der Waals surface area contributed by atoms with E-state index in [1.807, 2.05) is 34.8 Å². The standard InChI is InChI=1S/C13H21N5O2/c1-11(10-20-3)16-13-14-4-5-18(13)12-8-15-17(9-12)6-7-19-2/h4-5,8-9,11H,6-7,10H2,1-3H3,(H,14,16). The summed E-state index contributed by atoms with van der Waals surface area (Å²) in [5, 5.41) is 7.61. The van der Waals surface area contributed by atoms with Crippen LogP contribution in [0, 0.1) is 0 Å². The molecule has 1 unspecified atom stereocenters. The number of ether oxygens (including phenoxy) is 2. The normalized spacial score (nSPS) is 12.6. The Labute approximate surface area is 118 Å². The van der Waals surface area contributed by atoms with Gasteiger partial charge in [0.2, 0.25) is 5.95 Å². The number of hydrogen-bond acceptors (Lipinski definition) is 5. The lowest BCUT2D eigenvalue weighted by molar-refractivity contribution is 0.183. The summed E-state index contributed by atoms with van der Waals surface area (Å²) < 4.78 is 14.0. The van der Waals surface area contributed by atoms with Gasteiger partial charge in [0.15, 0.2) is 0 Å². The topological polar surface area (TPSA) is 66.1 Å². The zero-order chi connectivity index (χ0) is 14.4. The molecule has 0 aliphatic carbocycles. The SMILES string of the molecule is COCCn1cc(-n2ccnc2NC(C)COC)cn1. The van der Waals surface area contributed by atoms with Gasteiger partial charge in [0.25, 0.3) is 0 Å². The smallest absolute Gasteiger partial charge is 0.207 e. The first-order valence-electron chi connectivity index (χ1n) is 6.55. The molecule has 0 amide bonds. The molecule has 1 atom stereocenters. The van der Waals surface area contributed by atoms with Crippen LogP contribution in [-0.2, 0) is 16.0 Å². The molecule has 2 aromatic rings. The second-order valence-electron chi connectivity index (χ2n) is 4.58. The number of nitrogens with zero attached hydrogens (tertiary/aromatic N) is 4. The molecular weight excluding hydrogens is 258 g/mol. The number of aromatic nitrogens is 4. The van der Waals surface area contributed by atoms with Crippen LogP contribution >= 0.6 is 0 Å². The Morgan fingerprint density at radius 2 is 2.20 bits per heavy atom. The van der Waals surface area contributed by atoms with Crippen molar-refractivity contribution in [2.75, 3.05) is 32.8 Å². The van der Waals surface area contributed by atoms with Gasteiger partial charge in [-0.1, -0.05) is 0 Å². The van der Waals surface area contributed by atoms with E-state index in [0.717, 1.165) is 18.2 Å². The highest BCUT2D eigenvalue weighted by atomic mass is 16.5. The Morgan fingerprint density at radius 1 is 1.35 bits per heavy atom. The van der Waals surface area contributed by atoms with E-state index < -0.39 is 0 Å². The van der Waals surface area contributed by atoms with Crippen molar-refractivity contribution in [2.24, 2.45) is 0 Å². The Hall–Kier alpha value is -1.86. The summed E-state index contributed by atoms with van der Waals surface area (Å²) in [4.78, 5) is 4.32. The van der Waals surface area contributed by atoms with Gasteiger partial charge >= 0.3 is 0 Å². The Morgan fingerprint density at radius 3 is 2.95 bits per heavy atom. The van der Waals surface area contributed by atoms with Crippen molar-refractivity contribution in [3.8, 4) is 5.69 Å². The third-order valence-corrected chi connectivity index (χ3v) is 2.86. The van der Waals surface area contributed by atoms with Crippen LogP contribution < -0.4 is 5.32 Å². The minimum atomic E-state index is 0.185. The van der Waals surface area contributed by atoms with Crippen molar-refractivity contribution in [1.29, 1.82) is 0 Å². The molecule has 0 fully saturated rings. The van der Waals surface area contributed by atoms with E-state index in [2.05, 4.69) is 15.4 Å².